The molecule has 2 aliphatic carbocycles. The smallest absolute Gasteiger partial charge is 0.136 e. The van der Waals surface area contributed by atoms with Crippen LogP contribution in [0.15, 0.2) is 12.7 Å². The highest BCUT2D eigenvalue weighted by Crippen LogP contribution is 2.51. The van der Waals surface area contributed by atoms with Crippen molar-refractivity contribution < 1.29 is 4.79 Å². The zero-order chi connectivity index (χ0) is 9.26. The Morgan fingerprint density at radius 2 is 2.38 bits per heavy atom. The minimum atomic E-state index is 0.480. The Kier molecular flexibility index (Phi) is 2.52. The zero-order valence-corrected chi connectivity index (χ0v) is 8.17. The van der Waals surface area contributed by atoms with Crippen LogP contribution in [0.2, 0.25) is 0 Å². The Hall–Kier alpha value is -0.590. The summed E-state index contributed by atoms with van der Waals surface area (Å²) in [5.41, 5.74) is 0. The molecular formula is C12H18O. The van der Waals surface area contributed by atoms with Gasteiger partial charge in [0, 0.05) is 12.3 Å². The number of fused-ring (bicyclic) bond motifs is 1. The van der Waals surface area contributed by atoms with Gasteiger partial charge in [0.1, 0.15) is 5.78 Å². The summed E-state index contributed by atoms with van der Waals surface area (Å²) in [5, 5.41) is 0. The molecular weight excluding hydrogens is 160 g/mol. The fourth-order valence-corrected chi connectivity index (χ4v) is 2.97. The van der Waals surface area contributed by atoms with Crippen molar-refractivity contribution in [1.29, 1.82) is 0 Å². The minimum absolute atomic E-state index is 0.480. The van der Waals surface area contributed by atoms with Crippen LogP contribution in [0.3, 0.4) is 0 Å². The summed E-state index contributed by atoms with van der Waals surface area (Å²) >= 11 is 0. The van der Waals surface area contributed by atoms with Gasteiger partial charge in [-0.05, 0) is 43.9 Å². The van der Waals surface area contributed by atoms with E-state index in [1.807, 2.05) is 6.08 Å². The number of carbonyl (C=O) groups is 1. The molecule has 2 fully saturated rings. The van der Waals surface area contributed by atoms with Gasteiger partial charge in [0.05, 0.1) is 0 Å². The third kappa shape index (κ3) is 1.56. The lowest BCUT2D eigenvalue weighted by Crippen LogP contribution is -2.35. The lowest BCUT2D eigenvalue weighted by atomic mass is 9.65. The molecule has 0 N–H and O–H groups in total. The van der Waals surface area contributed by atoms with Gasteiger partial charge in [-0.15, -0.1) is 6.58 Å². The fourth-order valence-electron chi connectivity index (χ4n) is 2.97. The number of carbonyl (C=O) groups excluding carboxylic acids is 1. The molecule has 0 amide bonds. The first-order valence-corrected chi connectivity index (χ1v) is 5.46. The van der Waals surface area contributed by atoms with E-state index >= 15 is 0 Å². The maximum Gasteiger partial charge on any atom is 0.136 e. The number of allylic oxidation sites excluding steroid dienone is 1. The number of unbranched alkanes of at least 4 members (excludes halogenated alkanes) is 1. The van der Waals surface area contributed by atoms with Crippen LogP contribution in [0, 0.1) is 17.8 Å². The van der Waals surface area contributed by atoms with Gasteiger partial charge in [0.2, 0.25) is 0 Å². The van der Waals surface area contributed by atoms with Crippen molar-refractivity contribution in [2.24, 2.45) is 17.8 Å². The second kappa shape index (κ2) is 3.65. The van der Waals surface area contributed by atoms with Crippen LogP contribution in [0.1, 0.15) is 38.5 Å². The summed E-state index contributed by atoms with van der Waals surface area (Å²) in [6.07, 6.45) is 8.97. The minimum Gasteiger partial charge on any atom is -0.299 e. The van der Waals surface area contributed by atoms with E-state index in [4.69, 9.17) is 0 Å². The van der Waals surface area contributed by atoms with Gasteiger partial charge in [-0.1, -0.05) is 6.08 Å². The Labute approximate surface area is 80.2 Å². The highest BCUT2D eigenvalue weighted by atomic mass is 16.1. The van der Waals surface area contributed by atoms with E-state index in [-0.39, 0.29) is 0 Å². The van der Waals surface area contributed by atoms with Gasteiger partial charge < -0.3 is 0 Å². The van der Waals surface area contributed by atoms with E-state index in [2.05, 4.69) is 6.58 Å². The zero-order valence-electron chi connectivity index (χ0n) is 8.17. The van der Waals surface area contributed by atoms with Crippen molar-refractivity contribution in [3.8, 4) is 0 Å². The molecule has 3 unspecified atom stereocenters. The van der Waals surface area contributed by atoms with Gasteiger partial charge in [-0.2, -0.15) is 0 Å². The van der Waals surface area contributed by atoms with E-state index in [1.54, 1.807) is 0 Å². The molecule has 2 saturated carbocycles. The average molecular weight is 178 g/mol. The van der Waals surface area contributed by atoms with Crippen molar-refractivity contribution in [1.82, 2.24) is 0 Å². The standard InChI is InChI=1S/C12H18O/c1-2-3-4-5-9-8-11-10(9)6-7-12(11)13/h2,9-11H,1,3-8H2. The van der Waals surface area contributed by atoms with Crippen LogP contribution in [-0.4, -0.2) is 5.78 Å². The Balaban J connectivity index is 1.74. The quantitative estimate of drug-likeness (QED) is 0.478. The lowest BCUT2D eigenvalue weighted by molar-refractivity contribution is -0.125. The number of rotatable bonds is 4. The van der Waals surface area contributed by atoms with Gasteiger partial charge in [-0.3, -0.25) is 4.79 Å². The van der Waals surface area contributed by atoms with E-state index in [9.17, 15) is 4.79 Å². The van der Waals surface area contributed by atoms with Gasteiger partial charge in [0.15, 0.2) is 0 Å². The highest BCUT2D eigenvalue weighted by Gasteiger charge is 2.47. The number of Topliss-reactive ketones (excluding diaryl/α,β-unsaturated/α-hetero) is 1. The second-order valence-electron chi connectivity index (χ2n) is 4.49. The summed E-state index contributed by atoms with van der Waals surface area (Å²) in [6, 6.07) is 0. The van der Waals surface area contributed by atoms with Gasteiger partial charge in [0.25, 0.3) is 0 Å². The van der Waals surface area contributed by atoms with Crippen molar-refractivity contribution in [3.63, 3.8) is 0 Å². The normalized spacial score (nSPS) is 36.9. The van der Waals surface area contributed by atoms with E-state index in [0.29, 0.717) is 11.7 Å². The van der Waals surface area contributed by atoms with E-state index in [0.717, 1.165) is 24.7 Å². The molecule has 0 heterocycles. The molecule has 1 heteroatoms. The third-order valence-electron chi connectivity index (χ3n) is 3.80. The van der Waals surface area contributed by atoms with E-state index in [1.165, 1.54) is 25.7 Å². The Morgan fingerprint density at radius 3 is 3.08 bits per heavy atom. The highest BCUT2D eigenvalue weighted by molar-refractivity contribution is 5.84. The Morgan fingerprint density at radius 1 is 1.54 bits per heavy atom. The molecule has 0 saturated heterocycles. The van der Waals surface area contributed by atoms with Crippen molar-refractivity contribution in [3.05, 3.63) is 12.7 Å². The summed E-state index contributed by atoms with van der Waals surface area (Å²) in [5.74, 6) is 2.67. The topological polar surface area (TPSA) is 17.1 Å². The third-order valence-corrected chi connectivity index (χ3v) is 3.80. The lowest BCUT2D eigenvalue weighted by Gasteiger charge is -2.39. The molecule has 0 aromatic carbocycles. The predicted molar refractivity (Wildman–Crippen MR) is 53.4 cm³/mol. The van der Waals surface area contributed by atoms with Crippen LogP contribution in [-0.2, 0) is 4.79 Å². The van der Waals surface area contributed by atoms with Crippen LogP contribution in [0.5, 0.6) is 0 Å². The molecule has 2 aliphatic rings. The molecule has 0 aliphatic heterocycles. The van der Waals surface area contributed by atoms with E-state index < -0.39 is 0 Å². The molecule has 1 nitrogen and oxygen atoms in total. The summed E-state index contributed by atoms with van der Waals surface area (Å²) in [6.45, 7) is 3.73. The maximum absolute atomic E-state index is 11.3. The largest absolute Gasteiger partial charge is 0.299 e. The maximum atomic E-state index is 11.3. The van der Waals surface area contributed by atoms with Crippen LogP contribution in [0.25, 0.3) is 0 Å². The van der Waals surface area contributed by atoms with Crippen LogP contribution in [0.4, 0.5) is 0 Å². The van der Waals surface area contributed by atoms with Gasteiger partial charge in [-0.25, -0.2) is 0 Å². The molecule has 72 valence electrons. The molecule has 0 spiro atoms. The Bertz CT molecular complexity index is 219. The van der Waals surface area contributed by atoms with Crippen molar-refractivity contribution >= 4 is 5.78 Å². The molecule has 2 rings (SSSR count). The SMILES string of the molecule is C=CCCCC1CC2C(=O)CCC12. The molecule has 0 radical (unpaired) electrons. The fraction of sp³-hybridized carbons (Fsp3) is 0.750. The molecule has 0 aromatic rings. The van der Waals surface area contributed by atoms with Crippen molar-refractivity contribution in [2.75, 3.05) is 0 Å². The number of hydrogen-bond acceptors (Lipinski definition) is 1. The molecule has 13 heavy (non-hydrogen) atoms. The molecule has 0 bridgehead atoms. The first kappa shape index (κ1) is 8.98. The van der Waals surface area contributed by atoms with Crippen LogP contribution >= 0.6 is 0 Å². The molecule has 0 aromatic heterocycles. The summed E-state index contributed by atoms with van der Waals surface area (Å²) in [7, 11) is 0. The first-order valence-electron chi connectivity index (χ1n) is 5.46. The number of hydrogen-bond donors (Lipinski definition) is 0. The van der Waals surface area contributed by atoms with Crippen LogP contribution < -0.4 is 0 Å². The monoisotopic (exact) mass is 178 g/mol. The average Bonchev–Trinajstić information content (AvgIpc) is 2.36. The van der Waals surface area contributed by atoms with Crippen molar-refractivity contribution in [2.45, 2.75) is 38.5 Å². The molecule has 3 atom stereocenters. The number of ketones is 1. The summed E-state index contributed by atoms with van der Waals surface area (Å²) < 4.78 is 0. The van der Waals surface area contributed by atoms with Gasteiger partial charge >= 0.3 is 0 Å². The first-order chi connectivity index (χ1) is 6.33. The predicted octanol–water partition coefficient (Wildman–Crippen LogP) is 2.96. The summed E-state index contributed by atoms with van der Waals surface area (Å²) in [4.78, 5) is 11.3. The second-order valence-corrected chi connectivity index (χ2v) is 4.49.